The predicted octanol–water partition coefficient (Wildman–Crippen LogP) is 6.09. The highest BCUT2D eigenvalue weighted by Crippen LogP contribution is 2.28. The van der Waals surface area contributed by atoms with Crippen LogP contribution in [-0.4, -0.2) is 50.2 Å². The number of Topliss-reactive ketones (excluding diaryl/α,β-unsaturated/α-hetero) is 1. The summed E-state index contributed by atoms with van der Waals surface area (Å²) in [6, 6.07) is 14.5. The number of imidazole rings is 1. The zero-order valence-corrected chi connectivity index (χ0v) is 20.3. The Morgan fingerprint density at radius 2 is 1.57 bits per heavy atom. The van der Waals surface area contributed by atoms with E-state index < -0.39 is 18.4 Å². The van der Waals surface area contributed by atoms with E-state index in [1.807, 2.05) is 47.0 Å². The summed E-state index contributed by atoms with van der Waals surface area (Å²) in [5.74, 6) is -2.24. The lowest BCUT2D eigenvalue weighted by Crippen LogP contribution is -2.39. The summed E-state index contributed by atoms with van der Waals surface area (Å²) in [5.41, 5.74) is 4.55. The Kier molecular flexibility index (Phi) is 6.72. The molecule has 1 fully saturated rings. The molecule has 0 unspecified atom stereocenters. The SMILES string of the molecule is O=C(c1ccc(-c2cn3c(-c4ccc(Cl)cc4)cnc3cn2)cc1)N1CCC(CC(=O)C(F)(F)F)CC1. The third kappa shape index (κ3) is 5.36. The van der Waals surface area contributed by atoms with Gasteiger partial charge in [0.05, 0.1) is 23.8 Å². The molecular formula is C27H22ClF3N4O2. The Morgan fingerprint density at radius 3 is 2.22 bits per heavy atom. The van der Waals surface area contributed by atoms with E-state index in [0.29, 0.717) is 47.9 Å². The van der Waals surface area contributed by atoms with E-state index in [1.165, 1.54) is 0 Å². The van der Waals surface area contributed by atoms with Crippen molar-refractivity contribution in [2.24, 2.45) is 5.92 Å². The number of halogens is 4. The Morgan fingerprint density at radius 1 is 0.919 bits per heavy atom. The molecule has 0 atom stereocenters. The largest absolute Gasteiger partial charge is 0.449 e. The molecule has 3 heterocycles. The van der Waals surface area contributed by atoms with Crippen LogP contribution in [0, 0.1) is 5.92 Å². The quantitative estimate of drug-likeness (QED) is 0.315. The highest BCUT2D eigenvalue weighted by atomic mass is 35.5. The summed E-state index contributed by atoms with van der Waals surface area (Å²) in [6.45, 7) is 0.644. The molecule has 6 nitrogen and oxygen atoms in total. The molecule has 5 rings (SSSR count). The number of alkyl halides is 3. The minimum absolute atomic E-state index is 0.185. The summed E-state index contributed by atoms with van der Waals surface area (Å²) in [7, 11) is 0. The Labute approximate surface area is 215 Å². The van der Waals surface area contributed by atoms with Gasteiger partial charge in [0.15, 0.2) is 5.65 Å². The molecule has 37 heavy (non-hydrogen) atoms. The van der Waals surface area contributed by atoms with Crippen LogP contribution < -0.4 is 0 Å². The molecule has 0 aliphatic carbocycles. The van der Waals surface area contributed by atoms with Gasteiger partial charge in [-0.1, -0.05) is 35.9 Å². The van der Waals surface area contributed by atoms with E-state index in [9.17, 15) is 22.8 Å². The van der Waals surface area contributed by atoms with Crippen molar-refractivity contribution in [3.8, 4) is 22.5 Å². The van der Waals surface area contributed by atoms with Gasteiger partial charge in [0.1, 0.15) is 0 Å². The normalized spacial score (nSPS) is 14.8. The number of amides is 1. The zero-order chi connectivity index (χ0) is 26.2. The van der Waals surface area contributed by atoms with Gasteiger partial charge in [0.25, 0.3) is 5.91 Å². The van der Waals surface area contributed by atoms with Crippen LogP contribution >= 0.6 is 11.6 Å². The van der Waals surface area contributed by atoms with Gasteiger partial charge < -0.3 is 4.90 Å². The van der Waals surface area contributed by atoms with Crippen LogP contribution in [0.5, 0.6) is 0 Å². The van der Waals surface area contributed by atoms with Gasteiger partial charge in [-0.15, -0.1) is 0 Å². The molecule has 190 valence electrons. The summed E-state index contributed by atoms with van der Waals surface area (Å²) in [6.07, 6.45) is 0.760. The summed E-state index contributed by atoms with van der Waals surface area (Å²) >= 11 is 6.01. The fourth-order valence-electron chi connectivity index (χ4n) is 4.56. The second kappa shape index (κ2) is 9.97. The molecule has 1 saturated heterocycles. The Hall–Kier alpha value is -3.72. The number of hydrogen-bond donors (Lipinski definition) is 0. The molecule has 2 aromatic carbocycles. The third-order valence-corrected chi connectivity index (χ3v) is 6.91. The van der Waals surface area contributed by atoms with Crippen molar-refractivity contribution >= 4 is 28.9 Å². The van der Waals surface area contributed by atoms with Crippen LogP contribution in [0.15, 0.2) is 67.1 Å². The first-order chi connectivity index (χ1) is 17.7. The van der Waals surface area contributed by atoms with E-state index in [1.54, 1.807) is 29.4 Å². The molecule has 0 saturated carbocycles. The number of fused-ring (bicyclic) bond motifs is 1. The number of aromatic nitrogens is 3. The van der Waals surface area contributed by atoms with Gasteiger partial charge in [-0.2, -0.15) is 13.2 Å². The van der Waals surface area contributed by atoms with E-state index >= 15 is 0 Å². The van der Waals surface area contributed by atoms with Crippen molar-refractivity contribution in [2.75, 3.05) is 13.1 Å². The molecular weight excluding hydrogens is 505 g/mol. The number of benzene rings is 2. The fraction of sp³-hybridized carbons (Fsp3) is 0.259. The molecule has 1 aliphatic heterocycles. The minimum Gasteiger partial charge on any atom is -0.339 e. The van der Waals surface area contributed by atoms with E-state index in [2.05, 4.69) is 9.97 Å². The molecule has 0 radical (unpaired) electrons. The van der Waals surface area contributed by atoms with E-state index in [4.69, 9.17) is 11.6 Å². The molecule has 1 amide bonds. The third-order valence-electron chi connectivity index (χ3n) is 6.66. The predicted molar refractivity (Wildman–Crippen MR) is 133 cm³/mol. The second-order valence-electron chi connectivity index (χ2n) is 9.09. The number of piperidine rings is 1. The number of carbonyl (C=O) groups excluding carboxylic acids is 2. The summed E-state index contributed by atoms with van der Waals surface area (Å²) in [4.78, 5) is 34.7. The lowest BCUT2D eigenvalue weighted by Gasteiger charge is -2.32. The summed E-state index contributed by atoms with van der Waals surface area (Å²) in [5, 5.41) is 0.649. The lowest BCUT2D eigenvalue weighted by atomic mass is 9.91. The zero-order valence-electron chi connectivity index (χ0n) is 19.6. The number of hydrogen-bond acceptors (Lipinski definition) is 4. The molecule has 2 aromatic heterocycles. The van der Waals surface area contributed by atoms with Crippen LogP contribution in [0.3, 0.4) is 0 Å². The number of nitrogens with zero attached hydrogens (tertiary/aromatic N) is 4. The van der Waals surface area contributed by atoms with Crippen LogP contribution in [0.2, 0.25) is 5.02 Å². The minimum atomic E-state index is -4.80. The smallest absolute Gasteiger partial charge is 0.339 e. The Bertz CT molecular complexity index is 1440. The second-order valence-corrected chi connectivity index (χ2v) is 9.53. The highest BCUT2D eigenvalue weighted by Gasteiger charge is 2.39. The van der Waals surface area contributed by atoms with Crippen molar-refractivity contribution in [1.29, 1.82) is 0 Å². The standard InChI is InChI=1S/C27H22ClF3N4O2/c28-21-7-5-19(6-8-21)23-14-33-25-15-32-22(16-35(23)25)18-1-3-20(4-2-18)26(37)34-11-9-17(10-12-34)13-24(36)27(29,30)31/h1-8,14-17H,9-13H2. The first-order valence-corrected chi connectivity index (χ1v) is 12.2. The fourth-order valence-corrected chi connectivity index (χ4v) is 4.68. The van der Waals surface area contributed by atoms with Crippen molar-refractivity contribution in [1.82, 2.24) is 19.3 Å². The lowest BCUT2D eigenvalue weighted by molar-refractivity contribution is -0.172. The van der Waals surface area contributed by atoms with Crippen molar-refractivity contribution in [2.45, 2.75) is 25.4 Å². The van der Waals surface area contributed by atoms with Crippen molar-refractivity contribution in [3.63, 3.8) is 0 Å². The van der Waals surface area contributed by atoms with E-state index in [-0.39, 0.29) is 11.8 Å². The van der Waals surface area contributed by atoms with E-state index in [0.717, 1.165) is 16.8 Å². The van der Waals surface area contributed by atoms with Crippen LogP contribution in [0.1, 0.15) is 29.6 Å². The van der Waals surface area contributed by atoms with Crippen LogP contribution in [0.25, 0.3) is 28.2 Å². The van der Waals surface area contributed by atoms with Crippen LogP contribution in [-0.2, 0) is 4.79 Å². The average molecular weight is 527 g/mol. The number of carbonyl (C=O) groups is 2. The maximum atomic E-state index is 12.9. The summed E-state index contributed by atoms with van der Waals surface area (Å²) < 4.78 is 39.5. The van der Waals surface area contributed by atoms with Gasteiger partial charge in [0, 0.05) is 47.4 Å². The van der Waals surface area contributed by atoms with Gasteiger partial charge in [-0.3, -0.25) is 19.0 Å². The van der Waals surface area contributed by atoms with Gasteiger partial charge >= 0.3 is 6.18 Å². The topological polar surface area (TPSA) is 67.6 Å². The molecule has 4 aromatic rings. The van der Waals surface area contributed by atoms with Crippen LogP contribution in [0.4, 0.5) is 13.2 Å². The first-order valence-electron chi connectivity index (χ1n) is 11.8. The highest BCUT2D eigenvalue weighted by molar-refractivity contribution is 6.30. The van der Waals surface area contributed by atoms with Gasteiger partial charge in [0.2, 0.25) is 5.78 Å². The molecule has 10 heteroatoms. The number of ketones is 1. The molecule has 0 spiro atoms. The monoisotopic (exact) mass is 526 g/mol. The van der Waals surface area contributed by atoms with Gasteiger partial charge in [-0.05, 0) is 43.0 Å². The first kappa shape index (κ1) is 25.0. The number of rotatable bonds is 5. The average Bonchev–Trinajstić information content (AvgIpc) is 3.32. The van der Waals surface area contributed by atoms with Crippen molar-refractivity contribution in [3.05, 3.63) is 77.7 Å². The molecule has 0 bridgehead atoms. The Balaban J connectivity index is 1.28. The number of likely N-dealkylation sites (tertiary alicyclic amines) is 1. The maximum absolute atomic E-state index is 12.9. The van der Waals surface area contributed by atoms with Gasteiger partial charge in [-0.25, -0.2) is 4.98 Å². The van der Waals surface area contributed by atoms with Crippen molar-refractivity contribution < 1.29 is 22.8 Å². The molecule has 0 N–H and O–H groups in total. The maximum Gasteiger partial charge on any atom is 0.449 e. The molecule has 1 aliphatic rings.